The molecular weight excluding hydrogens is 248 g/mol. The number of carbonyl (C=O) groups excluding carboxylic acids is 1. The molecular formula is C13H16N2O2S. The zero-order valence-corrected chi connectivity index (χ0v) is 10.9. The summed E-state index contributed by atoms with van der Waals surface area (Å²) in [5.41, 5.74) is 6.28. The Bertz CT molecular complexity index is 445. The second-order valence-corrected chi connectivity index (χ2v) is 4.78. The molecule has 1 fully saturated rings. The second kappa shape index (κ2) is 5.82. The van der Waals surface area contributed by atoms with Gasteiger partial charge in [-0.25, -0.2) is 0 Å². The van der Waals surface area contributed by atoms with E-state index in [2.05, 4.69) is 0 Å². The molecule has 0 radical (unpaired) electrons. The quantitative estimate of drug-likeness (QED) is 0.843. The molecule has 1 heterocycles. The molecule has 0 spiro atoms. The topological polar surface area (TPSA) is 55.6 Å². The fourth-order valence-corrected chi connectivity index (χ4v) is 2.01. The van der Waals surface area contributed by atoms with Gasteiger partial charge in [-0.3, -0.25) is 4.79 Å². The summed E-state index contributed by atoms with van der Waals surface area (Å²) in [4.78, 5) is 13.9. The Morgan fingerprint density at radius 1 is 1.33 bits per heavy atom. The number of carbonyl (C=O) groups is 1. The van der Waals surface area contributed by atoms with Gasteiger partial charge in [0.25, 0.3) is 0 Å². The molecule has 1 aromatic rings. The van der Waals surface area contributed by atoms with E-state index in [9.17, 15) is 4.79 Å². The number of rotatable bonds is 4. The van der Waals surface area contributed by atoms with Crippen LogP contribution in [0.5, 0.6) is 5.75 Å². The van der Waals surface area contributed by atoms with Gasteiger partial charge in [0.2, 0.25) is 5.91 Å². The van der Waals surface area contributed by atoms with Crippen LogP contribution in [0.15, 0.2) is 24.3 Å². The van der Waals surface area contributed by atoms with Gasteiger partial charge < -0.3 is 15.4 Å². The Morgan fingerprint density at radius 3 is 2.67 bits per heavy atom. The number of anilines is 1. The number of benzene rings is 1. The van der Waals surface area contributed by atoms with Crippen LogP contribution in [0.2, 0.25) is 0 Å². The van der Waals surface area contributed by atoms with Crippen LogP contribution in [0.3, 0.4) is 0 Å². The van der Waals surface area contributed by atoms with Crippen LogP contribution in [-0.4, -0.2) is 24.0 Å². The molecule has 2 rings (SSSR count). The molecule has 5 heteroatoms. The lowest BCUT2D eigenvalue weighted by Gasteiger charge is -2.26. The van der Waals surface area contributed by atoms with Crippen molar-refractivity contribution < 1.29 is 9.53 Å². The molecule has 4 nitrogen and oxygen atoms in total. The Hall–Kier alpha value is -1.62. The maximum absolute atomic E-state index is 11.8. The number of ether oxygens (including phenoxy) is 1. The average molecular weight is 264 g/mol. The van der Waals surface area contributed by atoms with E-state index in [1.165, 1.54) is 0 Å². The van der Waals surface area contributed by atoms with E-state index in [1.54, 1.807) is 0 Å². The average Bonchev–Trinajstić information content (AvgIpc) is 2.38. The summed E-state index contributed by atoms with van der Waals surface area (Å²) in [6, 6.07) is 7.43. The first-order valence-corrected chi connectivity index (χ1v) is 6.39. The van der Waals surface area contributed by atoms with Crippen LogP contribution in [0.25, 0.3) is 0 Å². The molecule has 0 unspecified atom stereocenters. The van der Waals surface area contributed by atoms with Crippen LogP contribution in [0, 0.1) is 0 Å². The standard InChI is InChI=1S/C13H16N2O2S/c14-12(18)9-17-11-6-4-10(5-7-11)15-8-2-1-3-13(15)16/h4-7H,1-3,8-9H2,(H2,14,18). The Balaban J connectivity index is 2.02. The molecule has 0 aliphatic carbocycles. The highest BCUT2D eigenvalue weighted by Crippen LogP contribution is 2.23. The molecule has 2 N–H and O–H groups in total. The summed E-state index contributed by atoms with van der Waals surface area (Å²) in [7, 11) is 0. The van der Waals surface area contributed by atoms with E-state index in [4.69, 9.17) is 22.7 Å². The highest BCUT2D eigenvalue weighted by molar-refractivity contribution is 7.80. The van der Waals surface area contributed by atoms with Crippen molar-refractivity contribution in [2.24, 2.45) is 5.73 Å². The first-order chi connectivity index (χ1) is 8.66. The first-order valence-electron chi connectivity index (χ1n) is 5.98. The Labute approximate surface area is 112 Å². The number of nitrogens with zero attached hydrogens (tertiary/aromatic N) is 1. The summed E-state index contributed by atoms with van der Waals surface area (Å²) < 4.78 is 5.37. The highest BCUT2D eigenvalue weighted by atomic mass is 32.1. The van der Waals surface area contributed by atoms with Crippen molar-refractivity contribution >= 4 is 28.8 Å². The minimum absolute atomic E-state index is 0.193. The Morgan fingerprint density at radius 2 is 2.06 bits per heavy atom. The van der Waals surface area contributed by atoms with Crippen LogP contribution in [-0.2, 0) is 4.79 Å². The summed E-state index contributed by atoms with van der Waals surface area (Å²) in [5.74, 6) is 0.897. The summed E-state index contributed by atoms with van der Waals surface area (Å²) >= 11 is 4.74. The Kier molecular flexibility index (Phi) is 4.15. The summed E-state index contributed by atoms with van der Waals surface area (Å²) in [5, 5.41) is 0. The third-order valence-corrected chi connectivity index (χ3v) is 2.97. The molecule has 0 saturated carbocycles. The van der Waals surface area contributed by atoms with Gasteiger partial charge in [-0.1, -0.05) is 12.2 Å². The molecule has 0 aromatic heterocycles. The maximum atomic E-state index is 11.8. The highest BCUT2D eigenvalue weighted by Gasteiger charge is 2.19. The van der Waals surface area contributed by atoms with Crippen LogP contribution >= 0.6 is 12.2 Å². The van der Waals surface area contributed by atoms with E-state index >= 15 is 0 Å². The van der Waals surface area contributed by atoms with Gasteiger partial charge in [-0.15, -0.1) is 0 Å². The molecule has 1 aromatic carbocycles. The van der Waals surface area contributed by atoms with E-state index in [1.807, 2.05) is 29.2 Å². The van der Waals surface area contributed by atoms with E-state index < -0.39 is 0 Å². The van der Waals surface area contributed by atoms with Crippen LogP contribution < -0.4 is 15.4 Å². The molecule has 1 amide bonds. The minimum Gasteiger partial charge on any atom is -0.487 e. The van der Waals surface area contributed by atoms with E-state index in [-0.39, 0.29) is 12.5 Å². The second-order valence-electron chi connectivity index (χ2n) is 4.25. The van der Waals surface area contributed by atoms with Gasteiger partial charge in [0.1, 0.15) is 17.3 Å². The number of hydrogen-bond donors (Lipinski definition) is 1. The van der Waals surface area contributed by atoms with Crippen molar-refractivity contribution in [1.82, 2.24) is 0 Å². The van der Waals surface area contributed by atoms with Crippen molar-refractivity contribution in [3.05, 3.63) is 24.3 Å². The molecule has 0 bridgehead atoms. The lowest BCUT2D eigenvalue weighted by atomic mass is 10.1. The largest absolute Gasteiger partial charge is 0.487 e. The van der Waals surface area contributed by atoms with Gasteiger partial charge in [-0.2, -0.15) is 0 Å². The number of nitrogens with two attached hydrogens (primary N) is 1. The lowest BCUT2D eigenvalue weighted by Crippen LogP contribution is -2.35. The summed E-state index contributed by atoms with van der Waals surface area (Å²) in [6.07, 6.45) is 2.69. The number of piperidine rings is 1. The zero-order chi connectivity index (χ0) is 13.0. The van der Waals surface area contributed by atoms with Gasteiger partial charge >= 0.3 is 0 Å². The van der Waals surface area contributed by atoms with Crippen molar-refractivity contribution in [2.45, 2.75) is 19.3 Å². The predicted octanol–water partition coefficient (Wildman–Crippen LogP) is 1.87. The fourth-order valence-electron chi connectivity index (χ4n) is 1.96. The van der Waals surface area contributed by atoms with Crippen molar-refractivity contribution in [2.75, 3.05) is 18.1 Å². The van der Waals surface area contributed by atoms with Gasteiger partial charge in [0.15, 0.2) is 0 Å². The van der Waals surface area contributed by atoms with E-state index in [0.717, 1.165) is 25.1 Å². The molecule has 0 atom stereocenters. The van der Waals surface area contributed by atoms with Crippen molar-refractivity contribution in [1.29, 1.82) is 0 Å². The SMILES string of the molecule is NC(=S)COc1ccc(N2CCCCC2=O)cc1. The third-order valence-electron chi connectivity index (χ3n) is 2.85. The monoisotopic (exact) mass is 264 g/mol. The van der Waals surface area contributed by atoms with Gasteiger partial charge in [-0.05, 0) is 37.1 Å². The number of thiocarbonyl (C=S) groups is 1. The molecule has 96 valence electrons. The third kappa shape index (κ3) is 3.20. The van der Waals surface area contributed by atoms with Gasteiger partial charge in [0, 0.05) is 18.7 Å². The molecule has 1 saturated heterocycles. The minimum atomic E-state index is 0.193. The van der Waals surface area contributed by atoms with Gasteiger partial charge in [0.05, 0.1) is 0 Å². The number of hydrogen-bond acceptors (Lipinski definition) is 3. The normalized spacial score (nSPS) is 15.6. The first kappa shape index (κ1) is 12.8. The van der Waals surface area contributed by atoms with Crippen molar-refractivity contribution in [3.63, 3.8) is 0 Å². The summed E-state index contributed by atoms with van der Waals surface area (Å²) in [6.45, 7) is 1.03. The van der Waals surface area contributed by atoms with Crippen molar-refractivity contribution in [3.8, 4) is 5.75 Å². The number of amides is 1. The predicted molar refractivity (Wildman–Crippen MR) is 74.9 cm³/mol. The fraction of sp³-hybridized carbons (Fsp3) is 0.385. The molecule has 18 heavy (non-hydrogen) atoms. The smallest absolute Gasteiger partial charge is 0.226 e. The zero-order valence-electron chi connectivity index (χ0n) is 10.1. The lowest BCUT2D eigenvalue weighted by molar-refractivity contribution is -0.119. The van der Waals surface area contributed by atoms with Crippen LogP contribution in [0.4, 0.5) is 5.69 Å². The van der Waals surface area contributed by atoms with E-state index in [0.29, 0.717) is 17.2 Å². The van der Waals surface area contributed by atoms with Crippen LogP contribution in [0.1, 0.15) is 19.3 Å². The molecule has 1 aliphatic heterocycles. The molecule has 1 aliphatic rings. The maximum Gasteiger partial charge on any atom is 0.226 e.